The van der Waals surface area contributed by atoms with E-state index in [9.17, 15) is 4.79 Å². The van der Waals surface area contributed by atoms with Gasteiger partial charge in [-0.15, -0.1) is 0 Å². The van der Waals surface area contributed by atoms with Gasteiger partial charge in [0.15, 0.2) is 0 Å². The minimum atomic E-state index is -0.0775. The molecule has 0 aromatic rings. The summed E-state index contributed by atoms with van der Waals surface area (Å²) in [5, 5.41) is 3.04. The van der Waals surface area contributed by atoms with Gasteiger partial charge in [0.25, 0.3) is 0 Å². The van der Waals surface area contributed by atoms with Crippen molar-refractivity contribution in [2.24, 2.45) is 5.73 Å². The number of rotatable bonds is 6. The summed E-state index contributed by atoms with van der Waals surface area (Å²) in [5.41, 5.74) is 5.69. The van der Waals surface area contributed by atoms with Gasteiger partial charge in [-0.2, -0.15) is 0 Å². The van der Waals surface area contributed by atoms with Gasteiger partial charge in [0.05, 0.1) is 17.1 Å². The van der Waals surface area contributed by atoms with Crippen LogP contribution in [-0.2, 0) is 4.79 Å². The van der Waals surface area contributed by atoms with Crippen LogP contribution >= 0.6 is 12.2 Å². The highest BCUT2D eigenvalue weighted by Gasteiger charge is 2.28. The minimum Gasteiger partial charge on any atom is -0.392 e. The highest BCUT2D eigenvalue weighted by atomic mass is 32.1. The van der Waals surface area contributed by atoms with Crippen molar-refractivity contribution in [2.45, 2.75) is 52.2 Å². The molecule has 1 aliphatic rings. The zero-order valence-electron chi connectivity index (χ0n) is 13.1. The lowest BCUT2D eigenvalue weighted by molar-refractivity contribution is -0.127. The van der Waals surface area contributed by atoms with Gasteiger partial charge in [0.2, 0.25) is 5.91 Å². The van der Waals surface area contributed by atoms with Crippen molar-refractivity contribution in [3.8, 4) is 0 Å². The molecule has 1 saturated heterocycles. The van der Waals surface area contributed by atoms with Crippen LogP contribution in [0.25, 0.3) is 0 Å². The largest absolute Gasteiger partial charge is 0.392 e. The molecule has 0 aromatic carbocycles. The van der Waals surface area contributed by atoms with Crippen LogP contribution in [0.4, 0.5) is 0 Å². The van der Waals surface area contributed by atoms with E-state index in [2.05, 4.69) is 22.0 Å². The third-order valence-electron chi connectivity index (χ3n) is 4.24. The third-order valence-corrected chi connectivity index (χ3v) is 4.58. The van der Waals surface area contributed by atoms with Crippen molar-refractivity contribution in [1.82, 2.24) is 15.1 Å². The van der Waals surface area contributed by atoms with Crippen LogP contribution in [0.2, 0.25) is 0 Å². The predicted octanol–water partition coefficient (Wildman–Crippen LogP) is 0.582. The second-order valence-corrected chi connectivity index (χ2v) is 6.12. The number of thiocarbonyl (C=S) groups is 1. The molecule has 0 radical (unpaired) electrons. The van der Waals surface area contributed by atoms with Gasteiger partial charge in [-0.05, 0) is 27.2 Å². The quantitative estimate of drug-likeness (QED) is 0.703. The topological polar surface area (TPSA) is 61.6 Å². The summed E-state index contributed by atoms with van der Waals surface area (Å²) >= 11 is 5.04. The lowest BCUT2D eigenvalue weighted by Gasteiger charge is -2.39. The maximum absolute atomic E-state index is 12.1. The number of amides is 1. The second kappa shape index (κ2) is 7.90. The van der Waals surface area contributed by atoms with Crippen LogP contribution in [0.1, 0.15) is 34.1 Å². The molecule has 6 heteroatoms. The molecule has 5 nitrogen and oxygen atoms in total. The maximum atomic E-state index is 12.1. The van der Waals surface area contributed by atoms with Gasteiger partial charge < -0.3 is 11.1 Å². The van der Waals surface area contributed by atoms with E-state index in [1.54, 1.807) is 0 Å². The fourth-order valence-corrected chi connectivity index (χ4v) is 2.47. The summed E-state index contributed by atoms with van der Waals surface area (Å²) in [6, 6.07) is 0.295. The van der Waals surface area contributed by atoms with E-state index in [1.165, 1.54) is 0 Å². The first-order chi connectivity index (χ1) is 9.36. The Morgan fingerprint density at radius 3 is 2.00 bits per heavy atom. The summed E-state index contributed by atoms with van der Waals surface area (Å²) in [5.74, 6) is 0.121. The Morgan fingerprint density at radius 1 is 1.15 bits per heavy atom. The van der Waals surface area contributed by atoms with Crippen molar-refractivity contribution in [3.05, 3.63) is 0 Å². The Hall–Kier alpha value is -0.720. The third kappa shape index (κ3) is 4.68. The molecule has 20 heavy (non-hydrogen) atoms. The normalized spacial score (nSPS) is 22.0. The predicted molar refractivity (Wildman–Crippen MR) is 86.8 cm³/mol. The molecule has 1 fully saturated rings. The lowest BCUT2D eigenvalue weighted by atomic mass is 10.1. The molecule has 116 valence electrons. The molecule has 3 N–H and O–H groups in total. The molecule has 3 atom stereocenters. The SMILES string of the molecule is CCC(C)NC(=O)C(C)N1CCN(C(C)C(N)=S)CC1. The Balaban J connectivity index is 2.44. The molecule has 1 amide bonds. The number of nitrogens with one attached hydrogen (secondary N) is 1. The Labute approximate surface area is 127 Å². The lowest BCUT2D eigenvalue weighted by Crippen LogP contribution is -2.57. The summed E-state index contributed by atoms with van der Waals surface area (Å²) < 4.78 is 0. The highest BCUT2D eigenvalue weighted by Crippen LogP contribution is 2.10. The standard InChI is InChI=1S/C14H28N4OS/c1-5-10(2)16-14(19)12(4)18-8-6-17(7-9-18)11(3)13(15)20/h10-12H,5-9H2,1-4H3,(H2,15,20)(H,16,19). The molecular formula is C14H28N4OS. The van der Waals surface area contributed by atoms with Crippen molar-refractivity contribution in [2.75, 3.05) is 26.2 Å². The number of carbonyl (C=O) groups excluding carboxylic acids is 1. The van der Waals surface area contributed by atoms with Crippen LogP contribution in [0.3, 0.4) is 0 Å². The highest BCUT2D eigenvalue weighted by molar-refractivity contribution is 7.80. The first kappa shape index (κ1) is 17.3. The Kier molecular flexibility index (Phi) is 6.85. The number of nitrogens with two attached hydrogens (primary N) is 1. The van der Waals surface area contributed by atoms with Crippen molar-refractivity contribution >= 4 is 23.1 Å². The molecular weight excluding hydrogens is 272 g/mol. The van der Waals surface area contributed by atoms with E-state index >= 15 is 0 Å². The van der Waals surface area contributed by atoms with Crippen molar-refractivity contribution < 1.29 is 4.79 Å². The molecule has 1 aliphatic heterocycles. The number of hydrogen-bond donors (Lipinski definition) is 2. The van der Waals surface area contributed by atoms with Crippen LogP contribution in [-0.4, -0.2) is 65.0 Å². The van der Waals surface area contributed by atoms with Gasteiger partial charge in [0, 0.05) is 32.2 Å². The Bertz CT molecular complexity index is 342. The smallest absolute Gasteiger partial charge is 0.237 e. The number of nitrogens with zero attached hydrogens (tertiary/aromatic N) is 2. The molecule has 1 rings (SSSR count). The van der Waals surface area contributed by atoms with Gasteiger partial charge in [-0.25, -0.2) is 0 Å². The van der Waals surface area contributed by atoms with Gasteiger partial charge in [0.1, 0.15) is 0 Å². The average molecular weight is 300 g/mol. The van der Waals surface area contributed by atoms with E-state index in [1.807, 2.05) is 20.8 Å². The molecule has 3 unspecified atom stereocenters. The summed E-state index contributed by atoms with van der Waals surface area (Å²) in [7, 11) is 0. The number of hydrogen-bond acceptors (Lipinski definition) is 4. The molecule has 0 saturated carbocycles. The molecule has 1 heterocycles. The monoisotopic (exact) mass is 300 g/mol. The van der Waals surface area contributed by atoms with Crippen molar-refractivity contribution in [3.63, 3.8) is 0 Å². The first-order valence-electron chi connectivity index (χ1n) is 7.44. The van der Waals surface area contributed by atoms with Gasteiger partial charge >= 0.3 is 0 Å². The zero-order chi connectivity index (χ0) is 15.3. The van der Waals surface area contributed by atoms with Crippen LogP contribution in [0, 0.1) is 0 Å². The fourth-order valence-electron chi connectivity index (χ4n) is 2.32. The summed E-state index contributed by atoms with van der Waals surface area (Å²) in [6.45, 7) is 11.7. The van der Waals surface area contributed by atoms with Gasteiger partial charge in [-0.1, -0.05) is 19.1 Å². The molecule has 0 spiro atoms. The number of piperazine rings is 1. The summed E-state index contributed by atoms with van der Waals surface area (Å²) in [4.78, 5) is 17.2. The molecule has 0 bridgehead atoms. The minimum absolute atomic E-state index is 0.0775. The first-order valence-corrected chi connectivity index (χ1v) is 7.85. The molecule has 0 aliphatic carbocycles. The van der Waals surface area contributed by atoms with Crippen LogP contribution in [0.5, 0.6) is 0 Å². The fraction of sp³-hybridized carbons (Fsp3) is 0.857. The van der Waals surface area contributed by atoms with E-state index in [0.717, 1.165) is 32.6 Å². The van der Waals surface area contributed by atoms with E-state index in [0.29, 0.717) is 4.99 Å². The van der Waals surface area contributed by atoms with Gasteiger partial charge in [-0.3, -0.25) is 14.6 Å². The van der Waals surface area contributed by atoms with E-state index in [-0.39, 0.29) is 24.0 Å². The molecule has 0 aromatic heterocycles. The Morgan fingerprint density at radius 2 is 1.60 bits per heavy atom. The van der Waals surface area contributed by atoms with E-state index < -0.39 is 0 Å². The second-order valence-electron chi connectivity index (χ2n) is 5.64. The maximum Gasteiger partial charge on any atom is 0.237 e. The van der Waals surface area contributed by atoms with E-state index in [4.69, 9.17) is 18.0 Å². The summed E-state index contributed by atoms with van der Waals surface area (Å²) in [6.07, 6.45) is 0.956. The van der Waals surface area contributed by atoms with Crippen LogP contribution < -0.4 is 11.1 Å². The number of carbonyl (C=O) groups is 1. The average Bonchev–Trinajstić information content (AvgIpc) is 2.45. The zero-order valence-corrected chi connectivity index (χ0v) is 13.9. The van der Waals surface area contributed by atoms with Crippen LogP contribution in [0.15, 0.2) is 0 Å². The van der Waals surface area contributed by atoms with Crippen molar-refractivity contribution in [1.29, 1.82) is 0 Å².